The summed E-state index contributed by atoms with van der Waals surface area (Å²) in [6.45, 7) is 5.00. The van der Waals surface area contributed by atoms with Gasteiger partial charge in [-0.05, 0) is 31.5 Å². The van der Waals surface area contributed by atoms with Crippen LogP contribution in [-0.4, -0.2) is 19.3 Å². The van der Waals surface area contributed by atoms with E-state index < -0.39 is 0 Å². The van der Waals surface area contributed by atoms with Crippen molar-refractivity contribution in [1.29, 1.82) is 0 Å². The largest absolute Gasteiger partial charge is 0.322 e. The molecule has 0 atom stereocenters. The molecule has 3 aromatic rings. The van der Waals surface area contributed by atoms with E-state index in [1.54, 1.807) is 0 Å². The standard InChI is InChI=1S/C15H18N4/c1-4-12-9-13(18(3)17-12)10-19-11(2)16-14-7-5-6-8-15(14)19/h5-9H,4,10H2,1-3H3. The zero-order chi connectivity index (χ0) is 13.4. The smallest absolute Gasteiger partial charge is 0.107 e. The van der Waals surface area contributed by atoms with Crippen molar-refractivity contribution < 1.29 is 0 Å². The highest BCUT2D eigenvalue weighted by molar-refractivity contribution is 5.75. The number of rotatable bonds is 3. The molecule has 1 aromatic carbocycles. The Labute approximate surface area is 112 Å². The van der Waals surface area contributed by atoms with Crippen LogP contribution < -0.4 is 0 Å². The Kier molecular flexibility index (Phi) is 2.85. The van der Waals surface area contributed by atoms with Crippen molar-refractivity contribution in [2.24, 2.45) is 7.05 Å². The first-order valence-corrected chi connectivity index (χ1v) is 6.62. The molecular weight excluding hydrogens is 236 g/mol. The first kappa shape index (κ1) is 12.0. The normalized spacial score (nSPS) is 11.3. The van der Waals surface area contributed by atoms with Gasteiger partial charge in [-0.15, -0.1) is 0 Å². The van der Waals surface area contributed by atoms with E-state index >= 15 is 0 Å². The summed E-state index contributed by atoms with van der Waals surface area (Å²) in [6, 6.07) is 10.4. The van der Waals surface area contributed by atoms with Crippen molar-refractivity contribution in [2.75, 3.05) is 0 Å². The van der Waals surface area contributed by atoms with Crippen LogP contribution in [0.1, 0.15) is 24.1 Å². The number of benzene rings is 1. The van der Waals surface area contributed by atoms with Crippen LogP contribution >= 0.6 is 0 Å². The molecule has 0 aliphatic rings. The molecule has 3 rings (SSSR count). The summed E-state index contributed by atoms with van der Waals surface area (Å²) in [7, 11) is 2.00. The Hall–Kier alpha value is -2.10. The lowest BCUT2D eigenvalue weighted by Gasteiger charge is -2.06. The van der Waals surface area contributed by atoms with Crippen LogP contribution in [0.3, 0.4) is 0 Å². The van der Waals surface area contributed by atoms with Crippen molar-refractivity contribution in [3.8, 4) is 0 Å². The predicted molar refractivity (Wildman–Crippen MR) is 76.2 cm³/mol. The van der Waals surface area contributed by atoms with E-state index in [2.05, 4.69) is 52.8 Å². The summed E-state index contributed by atoms with van der Waals surface area (Å²) in [5.74, 6) is 1.04. The van der Waals surface area contributed by atoms with Crippen molar-refractivity contribution in [3.05, 3.63) is 47.5 Å². The van der Waals surface area contributed by atoms with Crippen LogP contribution in [0.2, 0.25) is 0 Å². The number of hydrogen-bond donors (Lipinski definition) is 0. The zero-order valence-corrected chi connectivity index (χ0v) is 11.6. The molecule has 0 radical (unpaired) electrons. The van der Waals surface area contributed by atoms with Gasteiger partial charge in [0.1, 0.15) is 5.82 Å². The third kappa shape index (κ3) is 2.03. The van der Waals surface area contributed by atoms with Gasteiger partial charge >= 0.3 is 0 Å². The van der Waals surface area contributed by atoms with Crippen molar-refractivity contribution in [3.63, 3.8) is 0 Å². The van der Waals surface area contributed by atoms with Crippen molar-refractivity contribution in [2.45, 2.75) is 26.8 Å². The average molecular weight is 254 g/mol. The van der Waals surface area contributed by atoms with Gasteiger partial charge in [0.2, 0.25) is 0 Å². The van der Waals surface area contributed by atoms with Gasteiger partial charge in [0, 0.05) is 7.05 Å². The fourth-order valence-corrected chi connectivity index (χ4v) is 2.45. The Bertz CT molecular complexity index is 721. The molecule has 0 N–H and O–H groups in total. The number of nitrogens with zero attached hydrogens (tertiary/aromatic N) is 4. The van der Waals surface area contributed by atoms with Crippen LogP contribution in [0, 0.1) is 6.92 Å². The van der Waals surface area contributed by atoms with Crippen LogP contribution in [0.5, 0.6) is 0 Å². The molecule has 0 saturated heterocycles. The molecule has 4 heteroatoms. The molecule has 0 saturated carbocycles. The molecule has 0 aliphatic carbocycles. The van der Waals surface area contributed by atoms with E-state index in [4.69, 9.17) is 0 Å². The number of hydrogen-bond acceptors (Lipinski definition) is 2. The zero-order valence-electron chi connectivity index (χ0n) is 11.6. The van der Waals surface area contributed by atoms with E-state index in [1.165, 1.54) is 11.2 Å². The molecule has 0 spiro atoms. The summed E-state index contributed by atoms with van der Waals surface area (Å²) in [4.78, 5) is 4.60. The fraction of sp³-hybridized carbons (Fsp3) is 0.333. The Morgan fingerprint density at radius 2 is 2.00 bits per heavy atom. The molecule has 19 heavy (non-hydrogen) atoms. The molecule has 98 valence electrons. The molecule has 0 amide bonds. The lowest BCUT2D eigenvalue weighted by Crippen LogP contribution is -2.06. The second-order valence-corrected chi connectivity index (χ2v) is 4.84. The maximum Gasteiger partial charge on any atom is 0.107 e. The highest BCUT2D eigenvalue weighted by atomic mass is 15.3. The Morgan fingerprint density at radius 3 is 2.74 bits per heavy atom. The minimum Gasteiger partial charge on any atom is -0.322 e. The second-order valence-electron chi connectivity index (χ2n) is 4.84. The van der Waals surface area contributed by atoms with E-state index in [0.29, 0.717) is 0 Å². The maximum absolute atomic E-state index is 4.60. The van der Waals surface area contributed by atoms with Crippen LogP contribution in [0.4, 0.5) is 0 Å². The average Bonchev–Trinajstić information content (AvgIpc) is 2.92. The summed E-state index contributed by atoms with van der Waals surface area (Å²) in [5.41, 5.74) is 4.58. The van der Waals surface area contributed by atoms with Crippen LogP contribution in [0.25, 0.3) is 11.0 Å². The van der Waals surface area contributed by atoms with Gasteiger partial charge in [-0.3, -0.25) is 4.68 Å². The minimum atomic E-state index is 0.815. The van der Waals surface area contributed by atoms with Crippen LogP contribution in [0.15, 0.2) is 30.3 Å². The van der Waals surface area contributed by atoms with E-state index in [-0.39, 0.29) is 0 Å². The molecule has 2 aromatic heterocycles. The number of imidazole rings is 1. The predicted octanol–water partition coefficient (Wildman–Crippen LogP) is 2.69. The number of aryl methyl sites for hydroxylation is 3. The first-order valence-electron chi connectivity index (χ1n) is 6.62. The third-order valence-electron chi connectivity index (χ3n) is 3.56. The summed E-state index contributed by atoms with van der Waals surface area (Å²) in [6.07, 6.45) is 0.970. The molecule has 2 heterocycles. The Morgan fingerprint density at radius 1 is 1.21 bits per heavy atom. The summed E-state index contributed by atoms with van der Waals surface area (Å²) < 4.78 is 4.21. The third-order valence-corrected chi connectivity index (χ3v) is 3.56. The number of para-hydroxylation sites is 2. The highest BCUT2D eigenvalue weighted by Crippen LogP contribution is 2.17. The quantitative estimate of drug-likeness (QED) is 0.720. The van der Waals surface area contributed by atoms with Gasteiger partial charge in [0.05, 0.1) is 29.0 Å². The van der Waals surface area contributed by atoms with E-state index in [1.807, 2.05) is 17.8 Å². The van der Waals surface area contributed by atoms with Crippen molar-refractivity contribution in [1.82, 2.24) is 19.3 Å². The maximum atomic E-state index is 4.60. The Balaban J connectivity index is 2.05. The SMILES string of the molecule is CCc1cc(Cn2c(C)nc3ccccc32)n(C)n1. The van der Waals surface area contributed by atoms with Gasteiger partial charge in [0.15, 0.2) is 0 Å². The van der Waals surface area contributed by atoms with Gasteiger partial charge in [-0.25, -0.2) is 4.98 Å². The topological polar surface area (TPSA) is 35.6 Å². The fourth-order valence-electron chi connectivity index (χ4n) is 2.45. The molecule has 0 fully saturated rings. The lowest BCUT2D eigenvalue weighted by atomic mass is 10.3. The molecule has 4 nitrogen and oxygen atoms in total. The highest BCUT2D eigenvalue weighted by Gasteiger charge is 2.10. The molecular formula is C15H18N4. The van der Waals surface area contributed by atoms with Gasteiger partial charge in [-0.1, -0.05) is 19.1 Å². The summed E-state index contributed by atoms with van der Waals surface area (Å²) in [5, 5.41) is 4.50. The molecule has 0 bridgehead atoms. The minimum absolute atomic E-state index is 0.815. The van der Waals surface area contributed by atoms with Crippen LogP contribution in [-0.2, 0) is 20.0 Å². The summed E-state index contributed by atoms with van der Waals surface area (Å²) >= 11 is 0. The molecule has 0 aliphatic heterocycles. The first-order chi connectivity index (χ1) is 9.19. The molecule has 0 unspecified atom stereocenters. The monoisotopic (exact) mass is 254 g/mol. The number of fused-ring (bicyclic) bond motifs is 1. The van der Waals surface area contributed by atoms with E-state index in [0.717, 1.165) is 30.0 Å². The second kappa shape index (κ2) is 4.53. The van der Waals surface area contributed by atoms with E-state index in [9.17, 15) is 0 Å². The van der Waals surface area contributed by atoms with Gasteiger partial charge < -0.3 is 4.57 Å². The van der Waals surface area contributed by atoms with Gasteiger partial charge in [-0.2, -0.15) is 5.10 Å². The van der Waals surface area contributed by atoms with Gasteiger partial charge in [0.25, 0.3) is 0 Å². The van der Waals surface area contributed by atoms with Crippen molar-refractivity contribution >= 4 is 11.0 Å². The lowest BCUT2D eigenvalue weighted by molar-refractivity contribution is 0.659. The number of aromatic nitrogens is 4.